The van der Waals surface area contributed by atoms with Gasteiger partial charge in [-0.25, -0.2) is 0 Å². The van der Waals surface area contributed by atoms with Gasteiger partial charge in [-0.15, -0.1) is 0 Å². The molecule has 0 heterocycles. The lowest BCUT2D eigenvalue weighted by Gasteiger charge is -2.11. The number of halogens is 2. The molecule has 0 saturated heterocycles. The number of hydrogen-bond donors (Lipinski definition) is 2. The molecule has 94 valence electrons. The van der Waals surface area contributed by atoms with Crippen molar-refractivity contribution in [1.82, 2.24) is 0 Å². The highest BCUT2D eigenvalue weighted by atomic mass is 19.3. The largest absolute Gasteiger partial charge is 0.469 e. The van der Waals surface area contributed by atoms with Gasteiger partial charge in [-0.3, -0.25) is 4.79 Å². The first-order valence-corrected chi connectivity index (χ1v) is 4.63. The number of rotatable bonds is 4. The van der Waals surface area contributed by atoms with Crippen LogP contribution in [-0.4, -0.2) is 19.7 Å². The summed E-state index contributed by atoms with van der Waals surface area (Å²) in [5, 5.41) is 0. The number of methoxy groups -OCH3 is 1. The van der Waals surface area contributed by atoms with Crippen molar-refractivity contribution in [1.29, 1.82) is 0 Å². The molecule has 0 amide bonds. The molecule has 5 nitrogen and oxygen atoms in total. The summed E-state index contributed by atoms with van der Waals surface area (Å²) in [6, 6.07) is 2.40. The molecule has 7 heteroatoms. The average molecular weight is 246 g/mol. The molecule has 0 unspecified atom stereocenters. The fourth-order valence-electron chi connectivity index (χ4n) is 1.25. The summed E-state index contributed by atoms with van der Waals surface area (Å²) in [5.74, 6) is -0.698. The summed E-state index contributed by atoms with van der Waals surface area (Å²) in [4.78, 5) is 11.1. The Labute approximate surface area is 96.3 Å². The van der Waals surface area contributed by atoms with E-state index in [9.17, 15) is 13.6 Å². The Morgan fingerprint density at radius 3 is 2.59 bits per heavy atom. The molecule has 0 aliphatic heterocycles. The minimum absolute atomic E-state index is 0.0713. The molecule has 1 aromatic carbocycles. The van der Waals surface area contributed by atoms with Crippen molar-refractivity contribution in [2.45, 2.75) is 13.0 Å². The van der Waals surface area contributed by atoms with Gasteiger partial charge in [-0.1, -0.05) is 0 Å². The molecule has 1 aromatic rings. The van der Waals surface area contributed by atoms with E-state index < -0.39 is 12.6 Å². The smallest absolute Gasteiger partial charge is 0.387 e. The number of hydrogen-bond acceptors (Lipinski definition) is 5. The van der Waals surface area contributed by atoms with Crippen molar-refractivity contribution in [3.63, 3.8) is 0 Å². The lowest BCUT2D eigenvalue weighted by molar-refractivity contribution is -0.139. The number of nitrogens with two attached hydrogens (primary N) is 2. The molecule has 0 saturated carbocycles. The van der Waals surface area contributed by atoms with E-state index in [-0.39, 0.29) is 29.1 Å². The van der Waals surface area contributed by atoms with Crippen molar-refractivity contribution < 1.29 is 23.0 Å². The van der Waals surface area contributed by atoms with Crippen LogP contribution in [0.15, 0.2) is 12.1 Å². The van der Waals surface area contributed by atoms with Gasteiger partial charge < -0.3 is 20.9 Å². The van der Waals surface area contributed by atoms with Crippen molar-refractivity contribution in [3.05, 3.63) is 17.7 Å². The monoisotopic (exact) mass is 246 g/mol. The lowest BCUT2D eigenvalue weighted by atomic mass is 10.1. The summed E-state index contributed by atoms with van der Waals surface area (Å²) in [5.41, 5.74) is 11.6. The first-order chi connectivity index (χ1) is 7.93. The van der Waals surface area contributed by atoms with E-state index in [0.717, 1.165) is 0 Å². The van der Waals surface area contributed by atoms with Gasteiger partial charge in [-0.2, -0.15) is 8.78 Å². The second-order valence-electron chi connectivity index (χ2n) is 3.22. The predicted octanol–water partition coefficient (Wildman–Crippen LogP) is 1.17. The van der Waals surface area contributed by atoms with E-state index >= 15 is 0 Å². The number of esters is 1. The minimum atomic E-state index is -2.97. The molecule has 0 atom stereocenters. The zero-order chi connectivity index (χ0) is 13.0. The van der Waals surface area contributed by atoms with E-state index in [1.807, 2.05) is 0 Å². The van der Waals surface area contributed by atoms with Gasteiger partial charge in [0, 0.05) is 6.07 Å². The van der Waals surface area contributed by atoms with Crippen LogP contribution in [0.3, 0.4) is 0 Å². The van der Waals surface area contributed by atoms with Gasteiger partial charge in [-0.05, 0) is 11.6 Å². The molecule has 0 spiro atoms. The average Bonchev–Trinajstić information content (AvgIpc) is 2.24. The summed E-state index contributed by atoms with van der Waals surface area (Å²) < 4.78 is 32.7. The second kappa shape index (κ2) is 5.33. The van der Waals surface area contributed by atoms with Gasteiger partial charge in [0.2, 0.25) is 0 Å². The Morgan fingerprint density at radius 2 is 2.06 bits per heavy atom. The van der Waals surface area contributed by atoms with Crippen LogP contribution in [0.2, 0.25) is 0 Å². The minimum Gasteiger partial charge on any atom is -0.469 e. The Bertz CT molecular complexity index is 424. The summed E-state index contributed by atoms with van der Waals surface area (Å²) in [6.45, 7) is -2.97. The summed E-state index contributed by atoms with van der Waals surface area (Å²) >= 11 is 0. The predicted molar refractivity (Wildman–Crippen MR) is 57.6 cm³/mol. The molecule has 0 aliphatic rings. The van der Waals surface area contributed by atoms with Crippen LogP contribution in [0.25, 0.3) is 0 Å². The molecular weight excluding hydrogens is 234 g/mol. The van der Waals surface area contributed by atoms with Crippen LogP contribution >= 0.6 is 0 Å². The molecule has 0 bridgehead atoms. The quantitative estimate of drug-likeness (QED) is 0.615. The van der Waals surface area contributed by atoms with E-state index in [1.165, 1.54) is 19.2 Å². The molecule has 4 N–H and O–H groups in total. The second-order valence-corrected chi connectivity index (χ2v) is 3.22. The summed E-state index contributed by atoms with van der Waals surface area (Å²) in [7, 11) is 1.21. The van der Waals surface area contributed by atoms with Crippen LogP contribution in [0.5, 0.6) is 5.75 Å². The van der Waals surface area contributed by atoms with Gasteiger partial charge >= 0.3 is 12.6 Å². The topological polar surface area (TPSA) is 87.6 Å². The number of ether oxygens (including phenoxy) is 2. The number of nitrogen functional groups attached to an aromatic ring is 2. The fourth-order valence-corrected chi connectivity index (χ4v) is 1.25. The van der Waals surface area contributed by atoms with E-state index in [1.54, 1.807) is 0 Å². The third-order valence-corrected chi connectivity index (χ3v) is 2.06. The van der Waals surface area contributed by atoms with Crippen molar-refractivity contribution in [2.75, 3.05) is 18.6 Å². The number of carbonyl (C=O) groups excluding carboxylic acids is 1. The van der Waals surface area contributed by atoms with Crippen molar-refractivity contribution in [3.8, 4) is 5.75 Å². The molecule has 0 aliphatic carbocycles. The third kappa shape index (κ3) is 3.47. The zero-order valence-electron chi connectivity index (χ0n) is 9.07. The molecule has 0 aromatic heterocycles. The molecule has 1 rings (SSSR count). The van der Waals surface area contributed by atoms with Crippen molar-refractivity contribution >= 4 is 17.3 Å². The molecule has 0 fully saturated rings. The van der Waals surface area contributed by atoms with Gasteiger partial charge in [0.05, 0.1) is 24.9 Å². The Balaban J connectivity index is 3.02. The van der Waals surface area contributed by atoms with Crippen LogP contribution in [0, 0.1) is 0 Å². The number of carbonyl (C=O) groups is 1. The normalized spacial score (nSPS) is 10.4. The number of alkyl halides is 2. The van der Waals surface area contributed by atoms with Crippen LogP contribution in [0.1, 0.15) is 5.56 Å². The Hall–Kier alpha value is -2.05. The maximum absolute atomic E-state index is 12.0. The van der Waals surface area contributed by atoms with E-state index in [4.69, 9.17) is 11.5 Å². The van der Waals surface area contributed by atoms with E-state index in [0.29, 0.717) is 0 Å². The highest BCUT2D eigenvalue weighted by molar-refractivity contribution is 5.79. The summed E-state index contributed by atoms with van der Waals surface area (Å²) in [6.07, 6.45) is -0.160. The SMILES string of the molecule is COC(=O)Cc1cc(OC(F)F)cc(N)c1N. The number of benzene rings is 1. The Morgan fingerprint density at radius 1 is 1.41 bits per heavy atom. The first-order valence-electron chi connectivity index (χ1n) is 4.63. The van der Waals surface area contributed by atoms with Gasteiger partial charge in [0.1, 0.15) is 5.75 Å². The van der Waals surface area contributed by atoms with Crippen LogP contribution in [0.4, 0.5) is 20.2 Å². The van der Waals surface area contributed by atoms with Crippen LogP contribution in [-0.2, 0) is 16.0 Å². The van der Waals surface area contributed by atoms with Crippen LogP contribution < -0.4 is 16.2 Å². The zero-order valence-corrected chi connectivity index (χ0v) is 9.07. The maximum atomic E-state index is 12.0. The van der Waals surface area contributed by atoms with Gasteiger partial charge in [0.15, 0.2) is 0 Å². The third-order valence-electron chi connectivity index (χ3n) is 2.06. The first kappa shape index (κ1) is 13.0. The molecular formula is C10H12F2N2O3. The highest BCUT2D eigenvalue weighted by Gasteiger charge is 2.13. The number of anilines is 2. The fraction of sp³-hybridized carbons (Fsp3) is 0.300. The van der Waals surface area contributed by atoms with Gasteiger partial charge in [0.25, 0.3) is 0 Å². The van der Waals surface area contributed by atoms with Crippen molar-refractivity contribution in [2.24, 2.45) is 0 Å². The maximum Gasteiger partial charge on any atom is 0.387 e. The standard InChI is InChI=1S/C10H12F2N2O3/c1-16-8(15)3-5-2-6(17-10(11)12)4-7(13)9(5)14/h2,4,10H,3,13-14H2,1H3. The highest BCUT2D eigenvalue weighted by Crippen LogP contribution is 2.28. The van der Waals surface area contributed by atoms with E-state index in [2.05, 4.69) is 9.47 Å². The molecule has 0 radical (unpaired) electrons. The Kier molecular flexibility index (Phi) is 4.08. The lowest BCUT2D eigenvalue weighted by Crippen LogP contribution is -2.10. The molecule has 17 heavy (non-hydrogen) atoms.